The molecule has 0 aliphatic heterocycles. The molecule has 10 aromatic rings. The summed E-state index contributed by atoms with van der Waals surface area (Å²) in [5.41, 5.74) is 16.3. The summed E-state index contributed by atoms with van der Waals surface area (Å²) in [7, 11) is -32.0. The molecule has 0 amide bonds. The van der Waals surface area contributed by atoms with Crippen LogP contribution in [0.2, 0.25) is 0 Å². The molecular formula is C68H74Cl15F18N8P3Ru. The zero-order valence-electron chi connectivity index (χ0n) is 60.8. The van der Waals surface area contributed by atoms with Crippen molar-refractivity contribution in [3.05, 3.63) is 210 Å². The first-order chi connectivity index (χ1) is 49.7. The molecule has 0 aliphatic carbocycles. The van der Waals surface area contributed by atoms with Gasteiger partial charge in [0, 0.05) is 37.2 Å². The first-order valence-corrected chi connectivity index (χ1v) is 43.7. The van der Waals surface area contributed by atoms with E-state index in [4.69, 9.17) is 184 Å². The van der Waals surface area contributed by atoms with E-state index >= 15 is 0 Å². The molecule has 0 N–H and O–H groups in total. The monoisotopic (exact) mass is 2060 g/mol. The summed E-state index contributed by atoms with van der Waals surface area (Å²) >= 11 is 72.1. The van der Waals surface area contributed by atoms with Crippen molar-refractivity contribution < 1.29 is 99.6 Å². The number of halogens is 33. The van der Waals surface area contributed by atoms with E-state index in [-0.39, 0.29) is 41.1 Å². The molecule has 0 aliphatic rings. The number of nitrogens with zero attached hydrogens (tertiary/aromatic N) is 8. The van der Waals surface area contributed by atoms with Crippen molar-refractivity contribution in [2.24, 2.45) is 0 Å². The molecule has 113 heavy (non-hydrogen) atoms. The van der Waals surface area contributed by atoms with E-state index in [9.17, 15) is 75.5 Å². The van der Waals surface area contributed by atoms with Crippen LogP contribution in [-0.2, 0) is 54.2 Å². The van der Waals surface area contributed by atoms with Crippen LogP contribution in [0.3, 0.4) is 0 Å². The van der Waals surface area contributed by atoms with Crippen molar-refractivity contribution >= 4 is 230 Å². The molecule has 0 fully saturated rings. The van der Waals surface area contributed by atoms with Gasteiger partial charge in [-0.2, -0.15) is 0 Å². The van der Waals surface area contributed by atoms with Gasteiger partial charge in [0.2, 0.25) is 6.33 Å². The second kappa shape index (κ2) is 43.4. The van der Waals surface area contributed by atoms with Gasteiger partial charge in [0.15, 0.2) is 32.5 Å². The normalized spacial score (nSPS) is 13.5. The first-order valence-electron chi connectivity index (χ1n) is 31.0. The van der Waals surface area contributed by atoms with E-state index in [0.717, 1.165) is 57.7 Å². The third-order valence-corrected chi connectivity index (χ3v) is 12.8. The van der Waals surface area contributed by atoms with Gasteiger partial charge in [0.05, 0.1) is 33.5 Å². The van der Waals surface area contributed by atoms with E-state index < -0.39 is 44.9 Å². The number of imidazole rings is 1. The fourth-order valence-corrected chi connectivity index (χ4v) is 8.64. The summed E-state index contributed by atoms with van der Waals surface area (Å²) in [5.74, 6) is 0. The third-order valence-electron chi connectivity index (χ3n) is 12.8. The third kappa shape index (κ3) is 61.5. The van der Waals surface area contributed by atoms with E-state index in [2.05, 4.69) is 240 Å². The van der Waals surface area contributed by atoms with Gasteiger partial charge in [0.1, 0.15) is 24.1 Å². The Kier molecular flexibility index (Phi) is 43.2. The fourth-order valence-electron chi connectivity index (χ4n) is 8.64. The Morgan fingerprint density at radius 3 is 0.796 bits per heavy atom. The number of hydrogen-bond donors (Lipinski definition) is 0. The molecule has 3 aromatic carbocycles. The molecule has 0 radical (unpaired) electrons. The average Bonchev–Trinajstić information content (AvgIpc) is 1.60. The summed E-state index contributed by atoms with van der Waals surface area (Å²) < 4.78 is 179. The summed E-state index contributed by atoms with van der Waals surface area (Å²) in [4.78, 5) is 27.4. The molecule has 0 unspecified atom stereocenters. The van der Waals surface area contributed by atoms with Crippen LogP contribution in [0, 0.1) is 0 Å². The van der Waals surface area contributed by atoms with Gasteiger partial charge in [-0.05, 0) is 128 Å². The maximum atomic E-state index is 9.87. The van der Waals surface area contributed by atoms with Gasteiger partial charge < -0.3 is 0 Å². The summed E-state index contributed by atoms with van der Waals surface area (Å²) in [6.45, 7) is 28.2. The summed E-state index contributed by atoms with van der Waals surface area (Å²) in [5, 5.41) is 2.26. The van der Waals surface area contributed by atoms with Crippen LogP contribution in [-0.4, -0.2) is 55.9 Å². The number of alkyl halides is 15. The van der Waals surface area contributed by atoms with Crippen molar-refractivity contribution in [2.75, 3.05) is 0 Å². The molecule has 45 heteroatoms. The Balaban J connectivity index is 0. The Bertz CT molecular complexity index is 4050. The summed E-state index contributed by atoms with van der Waals surface area (Å²) in [6, 6.07) is 46.5. The standard InChI is InChI=1S/C27H21N4.2C18H24N2.5CHCl3.3F6P.Ru/c1-3-9-20(10-4-1)17-30-19-31(18-21-11-5-2-6-12-21)27-23-14-8-16-29-25(23)24-22(26(27)30)13-7-15-28-24;2*1-17(2,3)13-7-9-19-15(11-13)16-12-14(8-10-20-16)18(4,5)6;5*2-1(3)4;3*1-7(2,3,4,5)6;/h1-16,19H,17-18H2;2*7-12H,1-6H3;5*1H;;;;/q+1;;;;;;;;3*-1;+2. The molecule has 0 saturated carbocycles. The van der Waals surface area contributed by atoms with E-state index in [1.54, 1.807) is 0 Å². The molecule has 0 atom stereocenters. The van der Waals surface area contributed by atoms with Crippen LogP contribution in [0.25, 0.3) is 55.6 Å². The molecule has 0 bridgehead atoms. The number of benzene rings is 3. The van der Waals surface area contributed by atoms with Crippen LogP contribution in [0.1, 0.15) is 116 Å². The molecule has 0 saturated heterocycles. The Morgan fingerprint density at radius 1 is 0.319 bits per heavy atom. The molecule has 7 aromatic heterocycles. The number of hydrogen-bond acceptors (Lipinski definition) is 6. The maximum Gasteiger partial charge on any atom is 2.00 e. The van der Waals surface area contributed by atoms with E-state index in [1.807, 2.05) is 49.3 Å². The van der Waals surface area contributed by atoms with Crippen molar-refractivity contribution in [1.29, 1.82) is 0 Å². The number of aromatic nitrogens is 8. The van der Waals surface area contributed by atoms with E-state index in [0.29, 0.717) is 0 Å². The molecule has 8 nitrogen and oxygen atoms in total. The maximum absolute atomic E-state index is 10.7. The Morgan fingerprint density at radius 2 is 0.549 bits per heavy atom. The van der Waals surface area contributed by atoms with Gasteiger partial charge in [0.25, 0.3) is 0 Å². The second-order valence-corrected chi connectivity index (χ2v) is 42.3. The second-order valence-electron chi connectivity index (χ2n) is 26.7. The minimum Gasteiger partial charge on any atom is -0.254 e. The van der Waals surface area contributed by atoms with Gasteiger partial charge in [-0.3, -0.25) is 29.9 Å². The quantitative estimate of drug-likeness (QED) is 0.0412. The van der Waals surface area contributed by atoms with Crippen LogP contribution in [0.15, 0.2) is 177 Å². The SMILES string of the molecule is CC(C)(C)c1ccnc(-c2cc(C(C)(C)C)ccn2)c1.CC(C)(C)c1ccnc(-c2cc(C(C)(C)C)ccn2)c1.ClC(Cl)Cl.ClC(Cl)Cl.ClC(Cl)Cl.ClC(Cl)Cl.ClC(Cl)Cl.F[P-](F)(F)(F)(F)F.F[P-](F)(F)(F)(F)F.F[P-](F)(F)(F)(F)F.[Ru+2].c1ccc(Cn2c[n+](Cc3ccccc3)c3c4cccnc4c4ncccc4c32)cc1. The smallest absolute Gasteiger partial charge is 0.254 e. The largest absolute Gasteiger partial charge is 2.00 e. The number of rotatable bonds is 6. The van der Waals surface area contributed by atoms with Crippen LogP contribution in [0.4, 0.5) is 75.5 Å². The molecule has 640 valence electrons. The minimum atomic E-state index is -10.7. The van der Waals surface area contributed by atoms with Crippen LogP contribution < -0.4 is 4.57 Å². The average molecular weight is 2070 g/mol. The molecule has 10 rings (SSSR count). The molecule has 7 heterocycles. The van der Waals surface area contributed by atoms with Gasteiger partial charge in [-0.25, -0.2) is 9.13 Å². The van der Waals surface area contributed by atoms with Gasteiger partial charge in [-0.15, -0.1) is 0 Å². The van der Waals surface area contributed by atoms with E-state index in [1.165, 1.54) is 44.4 Å². The molecular weight excluding hydrogens is 2000 g/mol. The minimum absolute atomic E-state index is 0. The Labute approximate surface area is 730 Å². The topological polar surface area (TPSA) is 86.2 Å². The van der Waals surface area contributed by atoms with Crippen LogP contribution >= 0.6 is 197 Å². The van der Waals surface area contributed by atoms with Crippen molar-refractivity contribution in [1.82, 2.24) is 34.5 Å². The predicted octanol–water partition coefficient (Wildman–Crippen LogP) is 34.7. The summed E-state index contributed by atoms with van der Waals surface area (Å²) in [6.07, 6.45) is 13.4. The van der Waals surface area contributed by atoms with Crippen molar-refractivity contribution in [2.45, 2.75) is 139 Å². The predicted molar refractivity (Wildman–Crippen MR) is 441 cm³/mol. The van der Waals surface area contributed by atoms with Gasteiger partial charge in [-0.1, -0.05) is 318 Å². The molecule has 0 spiro atoms. The zero-order valence-corrected chi connectivity index (χ0v) is 76.6. The van der Waals surface area contributed by atoms with Crippen molar-refractivity contribution in [3.8, 4) is 22.8 Å². The first kappa shape index (κ1) is 113. The number of fused-ring (bicyclic) bond motifs is 6. The van der Waals surface area contributed by atoms with Crippen molar-refractivity contribution in [3.63, 3.8) is 0 Å². The zero-order chi connectivity index (χ0) is 87.7. The number of pyridine rings is 6. The van der Waals surface area contributed by atoms with Gasteiger partial charge >= 0.3 is 118 Å². The Hall–Kier alpha value is -2.45. The fraction of sp³-hybridized carbons (Fsp3) is 0.338. The van der Waals surface area contributed by atoms with Crippen LogP contribution in [0.5, 0.6) is 0 Å².